The van der Waals surface area contributed by atoms with Crippen LogP contribution in [-0.4, -0.2) is 28.6 Å². The number of allylic oxidation sites excluding steroid dienone is 1. The molecule has 0 spiro atoms. The van der Waals surface area contributed by atoms with Crippen LogP contribution in [0.3, 0.4) is 0 Å². The fraction of sp³-hybridized carbons (Fsp3) is 0.154. The Kier molecular flexibility index (Phi) is 4.72. The van der Waals surface area contributed by atoms with Crippen LogP contribution in [0.25, 0.3) is 0 Å². The number of esters is 1. The number of hydrogen-bond donors (Lipinski definition) is 0. The summed E-state index contributed by atoms with van der Waals surface area (Å²) in [5.74, 6) is -2.27. The van der Waals surface area contributed by atoms with Gasteiger partial charge in [-0.25, -0.2) is 9.79 Å². The van der Waals surface area contributed by atoms with E-state index in [0.29, 0.717) is 4.47 Å². The van der Waals surface area contributed by atoms with Gasteiger partial charge in [-0.05, 0) is 25.1 Å². The normalized spacial score (nSPS) is 17.6. The summed E-state index contributed by atoms with van der Waals surface area (Å²) < 4.78 is 5.59. The van der Waals surface area contributed by atoms with Crippen molar-refractivity contribution < 1.29 is 19.2 Å². The Labute approximate surface area is 137 Å². The highest BCUT2D eigenvalue weighted by atomic mass is 79.9. The maximum atomic E-state index is 12.1. The van der Waals surface area contributed by atoms with Crippen LogP contribution in [-0.2, 0) is 9.53 Å². The second-order valence-electron chi connectivity index (χ2n) is 4.34. The topological polar surface area (TPSA) is 98.9 Å². The Hall–Kier alpha value is -2.06. The molecule has 1 atom stereocenters. The lowest BCUT2D eigenvalue weighted by atomic mass is 10.1. The van der Waals surface area contributed by atoms with Gasteiger partial charge in [-0.1, -0.05) is 27.5 Å². The largest absolute Gasteiger partial charge is 0.419 e. The third-order valence-electron chi connectivity index (χ3n) is 2.71. The van der Waals surface area contributed by atoms with E-state index in [1.54, 1.807) is 6.07 Å². The monoisotopic (exact) mass is 386 g/mol. The lowest BCUT2D eigenvalue weighted by Crippen LogP contribution is -2.35. The number of ether oxygens (including phenoxy) is 1. The maximum absolute atomic E-state index is 12.1. The molecule has 2 rings (SSSR count). The molecule has 0 aromatic heterocycles. The van der Waals surface area contributed by atoms with Gasteiger partial charge < -0.3 is 4.74 Å². The van der Waals surface area contributed by atoms with Gasteiger partial charge in [0.1, 0.15) is 0 Å². The van der Waals surface area contributed by atoms with Crippen molar-refractivity contribution in [1.82, 2.24) is 0 Å². The average Bonchev–Trinajstić information content (AvgIpc) is 2.40. The van der Waals surface area contributed by atoms with Crippen LogP contribution in [0.2, 0.25) is 5.02 Å². The maximum Gasteiger partial charge on any atom is 0.348 e. The molecule has 0 bridgehead atoms. The molecule has 7 nitrogen and oxygen atoms in total. The molecule has 22 heavy (non-hydrogen) atoms. The molecule has 1 amide bonds. The fourth-order valence-electron chi connectivity index (χ4n) is 1.77. The van der Waals surface area contributed by atoms with Crippen LogP contribution in [0.5, 0.6) is 0 Å². The Balaban J connectivity index is 2.33. The first-order valence-corrected chi connectivity index (χ1v) is 7.08. The number of aliphatic imine (C=N–C) groups is 1. The zero-order valence-electron chi connectivity index (χ0n) is 11.1. The van der Waals surface area contributed by atoms with Crippen LogP contribution in [0, 0.1) is 10.1 Å². The van der Waals surface area contributed by atoms with Crippen LogP contribution < -0.4 is 0 Å². The number of halogens is 2. The average molecular weight is 388 g/mol. The summed E-state index contributed by atoms with van der Waals surface area (Å²) in [5, 5.41) is 11.1. The van der Waals surface area contributed by atoms with Gasteiger partial charge in [-0.3, -0.25) is 14.9 Å². The van der Waals surface area contributed by atoms with Crippen molar-refractivity contribution in [1.29, 1.82) is 0 Å². The van der Waals surface area contributed by atoms with E-state index in [1.165, 1.54) is 25.1 Å². The first-order chi connectivity index (χ1) is 10.3. The number of dihydropyridines is 1. The quantitative estimate of drug-likeness (QED) is 0.451. The second kappa shape index (κ2) is 6.37. The number of nitro groups is 1. The van der Waals surface area contributed by atoms with Gasteiger partial charge in [0.05, 0.1) is 10.6 Å². The van der Waals surface area contributed by atoms with E-state index in [9.17, 15) is 19.7 Å². The Morgan fingerprint density at radius 3 is 2.82 bits per heavy atom. The summed E-state index contributed by atoms with van der Waals surface area (Å²) in [6.45, 7) is 1.47. The Bertz CT molecular complexity index is 744. The van der Waals surface area contributed by atoms with Crippen molar-refractivity contribution in [3.63, 3.8) is 0 Å². The van der Waals surface area contributed by atoms with Crippen molar-refractivity contribution in [2.75, 3.05) is 0 Å². The second-order valence-corrected chi connectivity index (χ2v) is 5.66. The number of rotatable bonds is 3. The van der Waals surface area contributed by atoms with Crippen LogP contribution in [0.4, 0.5) is 0 Å². The number of carbonyl (C=O) groups is 2. The molecular formula is C13H8BrClN2O5. The fourth-order valence-corrected chi connectivity index (χ4v) is 2.32. The highest BCUT2D eigenvalue weighted by molar-refractivity contribution is 9.10. The summed E-state index contributed by atoms with van der Waals surface area (Å²) in [4.78, 5) is 37.3. The van der Waals surface area contributed by atoms with Crippen molar-refractivity contribution >= 4 is 45.1 Å². The summed E-state index contributed by atoms with van der Waals surface area (Å²) in [6.07, 6.45) is 1.18. The molecule has 0 fully saturated rings. The number of benzene rings is 1. The molecule has 0 saturated carbocycles. The molecular weight excluding hydrogens is 380 g/mol. The minimum absolute atomic E-state index is 0.0200. The zero-order chi connectivity index (χ0) is 16.4. The highest BCUT2D eigenvalue weighted by Crippen LogP contribution is 2.24. The van der Waals surface area contributed by atoms with E-state index >= 15 is 0 Å². The lowest BCUT2D eigenvalue weighted by molar-refractivity contribution is -0.501. The third-order valence-corrected chi connectivity index (χ3v) is 3.53. The number of amides is 1. The van der Waals surface area contributed by atoms with Gasteiger partial charge in [0.25, 0.3) is 0 Å². The lowest BCUT2D eigenvalue weighted by Gasteiger charge is -2.15. The molecule has 114 valence electrons. The van der Waals surface area contributed by atoms with E-state index < -0.39 is 22.8 Å². The molecule has 1 heterocycles. The van der Waals surface area contributed by atoms with Crippen molar-refractivity contribution in [3.8, 4) is 0 Å². The number of nitrogens with zero attached hydrogens (tertiary/aromatic N) is 2. The summed E-state index contributed by atoms with van der Waals surface area (Å²) in [7, 11) is 0. The Morgan fingerprint density at radius 2 is 2.18 bits per heavy atom. The summed E-state index contributed by atoms with van der Waals surface area (Å²) in [5.41, 5.74) is 0.234. The van der Waals surface area contributed by atoms with E-state index in [1.807, 2.05) is 0 Å². The molecule has 1 unspecified atom stereocenters. The van der Waals surface area contributed by atoms with E-state index in [0.717, 1.165) is 0 Å². The highest BCUT2D eigenvalue weighted by Gasteiger charge is 2.39. The third kappa shape index (κ3) is 3.40. The van der Waals surface area contributed by atoms with Gasteiger partial charge in [0.15, 0.2) is 5.76 Å². The molecule has 0 aliphatic carbocycles. The first kappa shape index (κ1) is 16.3. The molecule has 1 aromatic carbocycles. The minimum Gasteiger partial charge on any atom is -0.419 e. The van der Waals surface area contributed by atoms with Gasteiger partial charge in [0, 0.05) is 21.2 Å². The van der Waals surface area contributed by atoms with Crippen molar-refractivity contribution in [2.24, 2.45) is 4.99 Å². The first-order valence-electron chi connectivity index (χ1n) is 5.91. The van der Waals surface area contributed by atoms with Crippen LogP contribution in [0.15, 0.2) is 39.5 Å². The standard InChI is InChI=1S/C13H8BrClN2O5/c1-6-4-10(11(17(20)21)12(18)16-6)22-13(19)8-5-7(14)2-3-9(8)15/h2-5,11H,1H3. The summed E-state index contributed by atoms with van der Waals surface area (Å²) >= 11 is 9.08. The molecule has 1 aromatic rings. The van der Waals surface area contributed by atoms with E-state index in [-0.39, 0.29) is 22.1 Å². The molecule has 9 heteroatoms. The SMILES string of the molecule is CC1=NC(=O)C([N+](=O)[O-])C(OC(=O)c2cc(Br)ccc2Cl)=C1. The predicted octanol–water partition coefficient (Wildman–Crippen LogP) is 2.79. The zero-order valence-corrected chi connectivity index (χ0v) is 13.4. The van der Waals surface area contributed by atoms with Crippen LogP contribution >= 0.6 is 27.5 Å². The predicted molar refractivity (Wildman–Crippen MR) is 81.5 cm³/mol. The van der Waals surface area contributed by atoms with Gasteiger partial charge in [0.2, 0.25) is 0 Å². The molecule has 0 saturated heterocycles. The van der Waals surface area contributed by atoms with E-state index in [2.05, 4.69) is 20.9 Å². The molecule has 1 aliphatic rings. The van der Waals surface area contributed by atoms with Crippen LogP contribution in [0.1, 0.15) is 17.3 Å². The molecule has 0 N–H and O–H groups in total. The van der Waals surface area contributed by atoms with Gasteiger partial charge in [-0.15, -0.1) is 0 Å². The molecule has 0 radical (unpaired) electrons. The molecule has 1 aliphatic heterocycles. The van der Waals surface area contributed by atoms with Gasteiger partial charge in [-0.2, -0.15) is 0 Å². The van der Waals surface area contributed by atoms with E-state index in [4.69, 9.17) is 16.3 Å². The smallest absolute Gasteiger partial charge is 0.348 e. The van der Waals surface area contributed by atoms with Gasteiger partial charge >= 0.3 is 17.9 Å². The number of hydrogen-bond acceptors (Lipinski definition) is 5. The summed E-state index contributed by atoms with van der Waals surface area (Å²) in [6, 6.07) is 2.68. The minimum atomic E-state index is -1.83. The number of carbonyl (C=O) groups excluding carboxylic acids is 2. The van der Waals surface area contributed by atoms with Crippen molar-refractivity contribution in [2.45, 2.75) is 13.0 Å². The Morgan fingerprint density at radius 1 is 1.50 bits per heavy atom. The van der Waals surface area contributed by atoms with Crippen molar-refractivity contribution in [3.05, 3.63) is 55.2 Å².